The topological polar surface area (TPSA) is 66.5 Å². The molecule has 3 aromatic rings. The summed E-state index contributed by atoms with van der Waals surface area (Å²) in [5, 5.41) is 2.92. The minimum absolute atomic E-state index is 0.151. The molecule has 0 radical (unpaired) electrons. The standard InChI is InChI=1S/C22H19N3O2/c1-14(15-7-4-3-5-8-15)24-17-9-6-10-18-21(17)16(22(26)25-18)13-19-20(27-2)11-12-23-19/h3-13,23H,1-2H3,(H,25,26)/b16-13-,24-14?. The van der Waals surface area contributed by atoms with E-state index in [4.69, 9.17) is 9.73 Å². The van der Waals surface area contributed by atoms with Crippen LogP contribution in [0.25, 0.3) is 11.6 Å². The minimum atomic E-state index is -0.151. The smallest absolute Gasteiger partial charge is 0.256 e. The fraction of sp³-hybridized carbons (Fsp3) is 0.0909. The second kappa shape index (κ2) is 6.96. The van der Waals surface area contributed by atoms with Gasteiger partial charge in [0.15, 0.2) is 0 Å². The van der Waals surface area contributed by atoms with Crippen LogP contribution in [0.2, 0.25) is 0 Å². The van der Waals surface area contributed by atoms with Crippen LogP contribution in [0.4, 0.5) is 11.4 Å². The number of nitrogens with one attached hydrogen (secondary N) is 2. The molecule has 0 aliphatic carbocycles. The van der Waals surface area contributed by atoms with Crippen molar-refractivity contribution in [3.8, 4) is 5.75 Å². The van der Waals surface area contributed by atoms with Crippen molar-refractivity contribution in [2.45, 2.75) is 6.92 Å². The zero-order valence-electron chi connectivity index (χ0n) is 15.1. The van der Waals surface area contributed by atoms with Crippen LogP contribution in [0, 0.1) is 0 Å². The van der Waals surface area contributed by atoms with Gasteiger partial charge in [-0.25, -0.2) is 0 Å². The SMILES string of the molecule is COc1cc[nH]c1/C=C1\C(=O)Nc2cccc(N=C(C)c3ccccc3)c21. The molecule has 27 heavy (non-hydrogen) atoms. The highest BCUT2D eigenvalue weighted by Gasteiger charge is 2.27. The number of fused-ring (bicyclic) bond motifs is 1. The molecule has 1 amide bonds. The molecule has 4 rings (SSSR count). The van der Waals surface area contributed by atoms with Crippen LogP contribution in [-0.4, -0.2) is 23.7 Å². The number of hydrogen-bond donors (Lipinski definition) is 2. The Hall–Kier alpha value is -3.60. The van der Waals surface area contributed by atoms with E-state index in [1.54, 1.807) is 19.4 Å². The van der Waals surface area contributed by atoms with E-state index < -0.39 is 0 Å². The summed E-state index contributed by atoms with van der Waals surface area (Å²) in [5.74, 6) is 0.534. The number of carbonyl (C=O) groups excluding carboxylic acids is 1. The first-order chi connectivity index (χ1) is 13.2. The van der Waals surface area contributed by atoms with Crippen LogP contribution < -0.4 is 10.1 Å². The summed E-state index contributed by atoms with van der Waals surface area (Å²) < 4.78 is 5.34. The Balaban J connectivity index is 1.83. The highest BCUT2D eigenvalue weighted by molar-refractivity contribution is 6.36. The van der Waals surface area contributed by atoms with Gasteiger partial charge in [-0.1, -0.05) is 36.4 Å². The molecular weight excluding hydrogens is 338 g/mol. The van der Waals surface area contributed by atoms with Gasteiger partial charge in [0.1, 0.15) is 5.75 Å². The molecule has 0 atom stereocenters. The zero-order valence-corrected chi connectivity index (χ0v) is 15.1. The fourth-order valence-corrected chi connectivity index (χ4v) is 3.19. The Morgan fingerprint density at radius 2 is 1.89 bits per heavy atom. The van der Waals surface area contributed by atoms with Crippen LogP contribution >= 0.6 is 0 Å². The minimum Gasteiger partial charge on any atom is -0.495 e. The summed E-state index contributed by atoms with van der Waals surface area (Å²) in [4.78, 5) is 20.5. The first-order valence-corrected chi connectivity index (χ1v) is 8.66. The molecule has 0 saturated heterocycles. The van der Waals surface area contributed by atoms with Crippen LogP contribution in [0.5, 0.6) is 5.75 Å². The third kappa shape index (κ3) is 3.15. The van der Waals surface area contributed by atoms with Crippen molar-refractivity contribution in [2.24, 2.45) is 4.99 Å². The van der Waals surface area contributed by atoms with Gasteiger partial charge in [0.25, 0.3) is 5.91 Å². The number of carbonyl (C=O) groups is 1. The lowest BCUT2D eigenvalue weighted by atomic mass is 10.0. The molecule has 1 aliphatic heterocycles. The van der Waals surface area contributed by atoms with E-state index in [0.29, 0.717) is 11.3 Å². The van der Waals surface area contributed by atoms with Gasteiger partial charge in [0, 0.05) is 17.5 Å². The number of nitrogens with zero attached hydrogens (tertiary/aromatic N) is 1. The zero-order chi connectivity index (χ0) is 18.8. The van der Waals surface area contributed by atoms with Crippen molar-refractivity contribution in [3.63, 3.8) is 0 Å². The molecule has 0 saturated carbocycles. The number of benzene rings is 2. The maximum absolute atomic E-state index is 12.6. The Morgan fingerprint density at radius 3 is 2.67 bits per heavy atom. The number of methoxy groups -OCH3 is 1. The van der Waals surface area contributed by atoms with E-state index in [2.05, 4.69) is 10.3 Å². The summed E-state index contributed by atoms with van der Waals surface area (Å²) in [5.41, 5.74) is 5.56. The lowest BCUT2D eigenvalue weighted by molar-refractivity contribution is -0.110. The quantitative estimate of drug-likeness (QED) is 0.527. The summed E-state index contributed by atoms with van der Waals surface area (Å²) in [7, 11) is 1.60. The fourth-order valence-electron chi connectivity index (χ4n) is 3.19. The van der Waals surface area contributed by atoms with Crippen LogP contribution in [0.1, 0.15) is 23.7 Å². The molecule has 0 spiro atoms. The maximum atomic E-state index is 12.6. The monoisotopic (exact) mass is 357 g/mol. The van der Waals surface area contributed by atoms with E-state index in [1.807, 2.05) is 61.5 Å². The van der Waals surface area contributed by atoms with Gasteiger partial charge in [-0.15, -0.1) is 0 Å². The molecule has 5 heteroatoms. The van der Waals surface area contributed by atoms with Crippen molar-refractivity contribution >= 4 is 34.6 Å². The van der Waals surface area contributed by atoms with Crippen molar-refractivity contribution in [3.05, 3.63) is 77.6 Å². The lowest BCUT2D eigenvalue weighted by Crippen LogP contribution is -2.03. The molecule has 2 N–H and O–H groups in total. The Morgan fingerprint density at radius 1 is 1.07 bits per heavy atom. The van der Waals surface area contributed by atoms with Crippen molar-refractivity contribution in [1.29, 1.82) is 0 Å². The van der Waals surface area contributed by atoms with Gasteiger partial charge in [0.2, 0.25) is 0 Å². The Kier molecular flexibility index (Phi) is 4.34. The number of aromatic amines is 1. The predicted molar refractivity (Wildman–Crippen MR) is 109 cm³/mol. The van der Waals surface area contributed by atoms with E-state index in [-0.39, 0.29) is 5.91 Å². The van der Waals surface area contributed by atoms with Gasteiger partial charge in [-0.3, -0.25) is 9.79 Å². The van der Waals surface area contributed by atoms with Crippen LogP contribution in [0.15, 0.2) is 65.8 Å². The van der Waals surface area contributed by atoms with Crippen LogP contribution in [0.3, 0.4) is 0 Å². The van der Waals surface area contributed by atoms with Crippen LogP contribution in [-0.2, 0) is 4.79 Å². The Labute approximate surface area is 157 Å². The van der Waals surface area contributed by atoms with Gasteiger partial charge >= 0.3 is 0 Å². The summed E-state index contributed by atoms with van der Waals surface area (Å²) in [6.45, 7) is 1.97. The van der Waals surface area contributed by atoms with Gasteiger partial charge in [0.05, 0.1) is 29.8 Å². The van der Waals surface area contributed by atoms with E-state index in [0.717, 1.165) is 33.9 Å². The average molecular weight is 357 g/mol. The molecule has 2 heterocycles. The number of H-pyrrole nitrogens is 1. The highest BCUT2D eigenvalue weighted by Crippen LogP contribution is 2.40. The molecular formula is C22H19N3O2. The van der Waals surface area contributed by atoms with Crippen molar-refractivity contribution in [2.75, 3.05) is 12.4 Å². The van der Waals surface area contributed by atoms with E-state index in [1.165, 1.54) is 0 Å². The molecule has 0 fully saturated rings. The summed E-state index contributed by atoms with van der Waals surface area (Å²) in [6, 6.07) is 17.5. The second-order valence-corrected chi connectivity index (χ2v) is 6.23. The third-order valence-corrected chi connectivity index (χ3v) is 4.53. The maximum Gasteiger partial charge on any atom is 0.256 e. The molecule has 0 unspecified atom stereocenters. The van der Waals surface area contributed by atoms with E-state index >= 15 is 0 Å². The molecule has 5 nitrogen and oxygen atoms in total. The second-order valence-electron chi connectivity index (χ2n) is 6.23. The molecule has 0 bridgehead atoms. The highest BCUT2D eigenvalue weighted by atomic mass is 16.5. The summed E-state index contributed by atoms with van der Waals surface area (Å²) >= 11 is 0. The van der Waals surface area contributed by atoms with Gasteiger partial charge < -0.3 is 15.0 Å². The molecule has 1 aliphatic rings. The number of hydrogen-bond acceptors (Lipinski definition) is 3. The van der Waals surface area contributed by atoms with E-state index in [9.17, 15) is 4.79 Å². The summed E-state index contributed by atoms with van der Waals surface area (Å²) in [6.07, 6.45) is 3.58. The largest absolute Gasteiger partial charge is 0.495 e. The number of rotatable bonds is 4. The first-order valence-electron chi connectivity index (χ1n) is 8.66. The first kappa shape index (κ1) is 16.8. The van der Waals surface area contributed by atoms with Gasteiger partial charge in [-0.2, -0.15) is 0 Å². The predicted octanol–water partition coefficient (Wildman–Crippen LogP) is 4.66. The third-order valence-electron chi connectivity index (χ3n) is 4.53. The molecule has 2 aromatic carbocycles. The molecule has 134 valence electrons. The van der Waals surface area contributed by atoms with Gasteiger partial charge in [-0.05, 0) is 36.8 Å². The van der Waals surface area contributed by atoms with Crippen molar-refractivity contribution < 1.29 is 9.53 Å². The van der Waals surface area contributed by atoms with Crippen molar-refractivity contribution in [1.82, 2.24) is 4.98 Å². The Bertz CT molecular complexity index is 1060. The average Bonchev–Trinajstić information content (AvgIpc) is 3.27. The lowest BCUT2D eigenvalue weighted by Gasteiger charge is -2.06. The number of aliphatic imine (C=N–C) groups is 1. The normalized spacial score (nSPS) is 15.0. The number of ether oxygens (including phenoxy) is 1. The number of amides is 1. The number of anilines is 1. The molecule has 1 aromatic heterocycles. The number of aromatic nitrogens is 1.